The molecule has 0 aliphatic carbocycles. The van der Waals surface area contributed by atoms with Gasteiger partial charge in [-0.2, -0.15) is 0 Å². The number of likely N-dealkylation sites (tertiary alicyclic amines) is 1. The van der Waals surface area contributed by atoms with Crippen LogP contribution < -0.4 is 9.64 Å². The number of nitrogens with zero attached hydrogens (tertiary/aromatic N) is 3. The molecule has 0 spiro atoms. The maximum Gasteiger partial charge on any atom is 0.282 e. The Hall–Kier alpha value is -3.12. The second-order valence-corrected chi connectivity index (χ2v) is 9.38. The molecule has 2 amide bonds. The SMILES string of the molecule is CC(C)COc1ccc(C2=C(N(C)C3CCN(C)CC3)C(=O)N(c3ccccc3)C2=O)cc1. The standard InChI is InChI=1S/C27H33N3O3/c1-19(2)18-33-23-12-10-20(11-13-23)24-25(29(4)21-14-16-28(3)17-15-21)27(32)30(26(24)31)22-8-6-5-7-9-22/h5-13,19,21H,14-18H2,1-4H3. The van der Waals surface area contributed by atoms with E-state index in [-0.39, 0.29) is 17.9 Å². The second kappa shape index (κ2) is 9.79. The highest BCUT2D eigenvalue weighted by Gasteiger charge is 2.43. The van der Waals surface area contributed by atoms with E-state index in [0.717, 1.165) is 37.2 Å². The largest absolute Gasteiger partial charge is 0.493 e. The lowest BCUT2D eigenvalue weighted by atomic mass is 10.00. The van der Waals surface area contributed by atoms with Crippen LogP contribution in [0.4, 0.5) is 5.69 Å². The third-order valence-corrected chi connectivity index (χ3v) is 6.39. The van der Waals surface area contributed by atoms with Crippen LogP contribution in [0.5, 0.6) is 5.75 Å². The summed E-state index contributed by atoms with van der Waals surface area (Å²) in [6.45, 7) is 6.79. The monoisotopic (exact) mass is 447 g/mol. The van der Waals surface area contributed by atoms with E-state index in [4.69, 9.17) is 4.74 Å². The molecule has 0 unspecified atom stereocenters. The van der Waals surface area contributed by atoms with Gasteiger partial charge < -0.3 is 14.5 Å². The third kappa shape index (κ3) is 4.81. The summed E-state index contributed by atoms with van der Waals surface area (Å²) in [5, 5.41) is 0. The van der Waals surface area contributed by atoms with E-state index in [2.05, 4.69) is 25.8 Å². The lowest BCUT2D eigenvalue weighted by Crippen LogP contribution is -2.43. The number of benzene rings is 2. The molecule has 6 nitrogen and oxygen atoms in total. The number of hydrogen-bond donors (Lipinski definition) is 0. The van der Waals surface area contributed by atoms with Crippen molar-refractivity contribution >= 4 is 23.1 Å². The average molecular weight is 448 g/mol. The second-order valence-electron chi connectivity index (χ2n) is 9.38. The molecule has 2 heterocycles. The highest BCUT2D eigenvalue weighted by molar-refractivity contribution is 6.45. The van der Waals surface area contributed by atoms with Crippen LogP contribution in [0.15, 0.2) is 60.3 Å². The summed E-state index contributed by atoms with van der Waals surface area (Å²) in [6.07, 6.45) is 1.91. The summed E-state index contributed by atoms with van der Waals surface area (Å²) in [5.74, 6) is 0.644. The molecular formula is C27H33N3O3. The molecule has 6 heteroatoms. The lowest BCUT2D eigenvalue weighted by molar-refractivity contribution is -0.120. The Labute approximate surface area is 196 Å². The molecule has 1 fully saturated rings. The van der Waals surface area contributed by atoms with Crippen LogP contribution in [0.3, 0.4) is 0 Å². The van der Waals surface area contributed by atoms with Crippen molar-refractivity contribution in [3.8, 4) is 5.75 Å². The summed E-state index contributed by atoms with van der Waals surface area (Å²) in [4.78, 5) is 33.0. The fourth-order valence-electron chi connectivity index (χ4n) is 4.46. The first-order valence-corrected chi connectivity index (χ1v) is 11.7. The number of piperidine rings is 1. The molecule has 0 radical (unpaired) electrons. The van der Waals surface area contributed by atoms with E-state index in [9.17, 15) is 9.59 Å². The molecule has 2 aromatic carbocycles. The fourth-order valence-corrected chi connectivity index (χ4v) is 4.46. The Balaban J connectivity index is 1.71. The molecule has 2 aromatic rings. The Morgan fingerprint density at radius 2 is 1.61 bits per heavy atom. The van der Waals surface area contributed by atoms with Gasteiger partial charge in [-0.05, 0) is 68.7 Å². The molecule has 0 aromatic heterocycles. The van der Waals surface area contributed by atoms with Gasteiger partial charge in [-0.15, -0.1) is 0 Å². The molecule has 174 valence electrons. The first-order chi connectivity index (χ1) is 15.9. The molecule has 2 aliphatic rings. The number of imide groups is 1. The van der Waals surface area contributed by atoms with Crippen LogP contribution in [0.25, 0.3) is 5.57 Å². The minimum absolute atomic E-state index is 0.215. The van der Waals surface area contributed by atoms with Gasteiger partial charge in [0.25, 0.3) is 11.8 Å². The molecule has 4 rings (SSSR count). The molecule has 0 bridgehead atoms. The summed E-state index contributed by atoms with van der Waals surface area (Å²) < 4.78 is 5.81. The molecule has 33 heavy (non-hydrogen) atoms. The zero-order valence-corrected chi connectivity index (χ0v) is 20.0. The number of anilines is 1. The van der Waals surface area contributed by atoms with E-state index >= 15 is 0 Å². The Morgan fingerprint density at radius 1 is 0.970 bits per heavy atom. The van der Waals surface area contributed by atoms with Crippen LogP contribution >= 0.6 is 0 Å². The summed E-state index contributed by atoms with van der Waals surface area (Å²) in [6, 6.07) is 16.9. The van der Waals surface area contributed by atoms with Gasteiger partial charge in [-0.3, -0.25) is 9.59 Å². The Bertz CT molecular complexity index is 1020. The molecule has 2 aliphatic heterocycles. The van der Waals surface area contributed by atoms with E-state index in [0.29, 0.717) is 29.5 Å². The minimum Gasteiger partial charge on any atom is -0.493 e. The van der Waals surface area contributed by atoms with Gasteiger partial charge in [-0.25, -0.2) is 4.90 Å². The number of amides is 2. The van der Waals surface area contributed by atoms with Crippen LogP contribution in [-0.4, -0.2) is 61.4 Å². The summed E-state index contributed by atoms with van der Waals surface area (Å²) in [5.41, 5.74) is 2.27. The average Bonchev–Trinajstić information content (AvgIpc) is 3.08. The highest BCUT2D eigenvalue weighted by Crippen LogP contribution is 2.36. The van der Waals surface area contributed by atoms with Crippen molar-refractivity contribution in [2.24, 2.45) is 5.92 Å². The first kappa shape index (κ1) is 23.1. The van der Waals surface area contributed by atoms with Crippen molar-refractivity contribution in [3.05, 3.63) is 65.9 Å². The summed E-state index contributed by atoms with van der Waals surface area (Å²) in [7, 11) is 4.07. The predicted molar refractivity (Wildman–Crippen MR) is 131 cm³/mol. The number of hydrogen-bond acceptors (Lipinski definition) is 5. The Kier molecular flexibility index (Phi) is 6.84. The molecule has 0 N–H and O–H groups in total. The van der Waals surface area contributed by atoms with Crippen molar-refractivity contribution in [2.75, 3.05) is 38.7 Å². The van der Waals surface area contributed by atoms with Crippen molar-refractivity contribution in [2.45, 2.75) is 32.7 Å². The molecular weight excluding hydrogens is 414 g/mol. The van der Waals surface area contributed by atoms with Gasteiger partial charge >= 0.3 is 0 Å². The molecule has 0 atom stereocenters. The highest BCUT2D eigenvalue weighted by atomic mass is 16.5. The maximum absolute atomic E-state index is 13.7. The van der Waals surface area contributed by atoms with Crippen LogP contribution in [-0.2, 0) is 9.59 Å². The number of ether oxygens (including phenoxy) is 1. The number of likely N-dealkylation sites (N-methyl/N-ethyl adjacent to an activating group) is 1. The number of para-hydroxylation sites is 1. The van der Waals surface area contributed by atoms with Crippen LogP contribution in [0.1, 0.15) is 32.3 Å². The third-order valence-electron chi connectivity index (χ3n) is 6.39. The molecule has 0 saturated carbocycles. The minimum atomic E-state index is -0.281. The topological polar surface area (TPSA) is 53.1 Å². The van der Waals surface area contributed by atoms with E-state index < -0.39 is 0 Å². The van der Waals surface area contributed by atoms with Gasteiger partial charge in [-0.1, -0.05) is 44.2 Å². The first-order valence-electron chi connectivity index (χ1n) is 11.7. The van der Waals surface area contributed by atoms with Gasteiger partial charge in [0.15, 0.2) is 0 Å². The van der Waals surface area contributed by atoms with Crippen LogP contribution in [0.2, 0.25) is 0 Å². The quantitative estimate of drug-likeness (QED) is 0.600. The van der Waals surface area contributed by atoms with Gasteiger partial charge in [0.05, 0.1) is 17.9 Å². The molecule has 1 saturated heterocycles. The zero-order chi connectivity index (χ0) is 23.5. The van der Waals surface area contributed by atoms with Crippen molar-refractivity contribution < 1.29 is 14.3 Å². The van der Waals surface area contributed by atoms with E-state index in [1.165, 1.54) is 4.90 Å². The van der Waals surface area contributed by atoms with E-state index in [1.807, 2.05) is 54.4 Å². The van der Waals surface area contributed by atoms with Crippen molar-refractivity contribution in [3.63, 3.8) is 0 Å². The maximum atomic E-state index is 13.7. The van der Waals surface area contributed by atoms with Gasteiger partial charge in [0, 0.05) is 13.1 Å². The predicted octanol–water partition coefficient (Wildman–Crippen LogP) is 4.03. The van der Waals surface area contributed by atoms with E-state index in [1.54, 1.807) is 12.1 Å². The zero-order valence-electron chi connectivity index (χ0n) is 20.0. The van der Waals surface area contributed by atoms with Crippen molar-refractivity contribution in [1.29, 1.82) is 0 Å². The number of carbonyl (C=O) groups is 2. The fraction of sp³-hybridized carbons (Fsp3) is 0.407. The van der Waals surface area contributed by atoms with Crippen LogP contribution in [0, 0.1) is 5.92 Å². The van der Waals surface area contributed by atoms with Crippen molar-refractivity contribution in [1.82, 2.24) is 9.80 Å². The lowest BCUT2D eigenvalue weighted by Gasteiger charge is -2.36. The van der Waals surface area contributed by atoms with Gasteiger partial charge in [0.2, 0.25) is 0 Å². The van der Waals surface area contributed by atoms with Gasteiger partial charge in [0.1, 0.15) is 11.4 Å². The smallest absolute Gasteiger partial charge is 0.282 e. The summed E-state index contributed by atoms with van der Waals surface area (Å²) >= 11 is 0. The number of rotatable bonds is 7. The number of carbonyl (C=O) groups excluding carboxylic acids is 2. The Morgan fingerprint density at radius 3 is 2.21 bits per heavy atom. The normalized spacial score (nSPS) is 17.9.